The molecule has 2 fully saturated rings. The first-order chi connectivity index (χ1) is 10.5. The lowest BCUT2D eigenvalue weighted by Gasteiger charge is -2.30. The Hall–Kier alpha value is -1.34. The van der Waals surface area contributed by atoms with Gasteiger partial charge in [0.2, 0.25) is 0 Å². The first-order valence-corrected chi connectivity index (χ1v) is 7.86. The maximum absolute atomic E-state index is 12.5. The Morgan fingerprint density at radius 3 is 2.45 bits per heavy atom. The van der Waals surface area contributed by atoms with Crippen molar-refractivity contribution in [3.05, 3.63) is 0 Å². The van der Waals surface area contributed by atoms with Crippen LogP contribution in [-0.4, -0.2) is 67.6 Å². The summed E-state index contributed by atoms with van der Waals surface area (Å²) in [5, 5.41) is 12.0. The summed E-state index contributed by atoms with van der Waals surface area (Å²) in [5.41, 5.74) is 0. The van der Waals surface area contributed by atoms with Crippen LogP contribution in [0.4, 0.5) is 4.79 Å². The number of ether oxygens (including phenoxy) is 2. The van der Waals surface area contributed by atoms with Crippen LogP contribution in [0.5, 0.6) is 0 Å². The second-order valence-electron chi connectivity index (χ2n) is 6.19. The number of urea groups is 1. The molecule has 0 unspecified atom stereocenters. The second kappa shape index (κ2) is 7.78. The monoisotopic (exact) mass is 314 g/mol. The molecule has 1 heterocycles. The Labute approximate surface area is 130 Å². The standard InChI is InChI=1S/C15H26N2O5/c1-21-9-12-7-13(22-2)8-17(12)15(20)16-11-5-3-10(4-6-11)14(18)19/h10-13H,3-9H2,1-2H3,(H,16,20)(H,18,19)/t10?,11?,12-,13+/m0/s1. The molecule has 0 radical (unpaired) electrons. The van der Waals surface area contributed by atoms with Crippen molar-refractivity contribution in [1.82, 2.24) is 10.2 Å². The van der Waals surface area contributed by atoms with Gasteiger partial charge in [-0.05, 0) is 32.1 Å². The number of nitrogens with zero attached hydrogens (tertiary/aromatic N) is 1. The maximum atomic E-state index is 12.5. The zero-order valence-electron chi connectivity index (χ0n) is 13.3. The number of nitrogens with one attached hydrogen (secondary N) is 1. The zero-order valence-corrected chi connectivity index (χ0v) is 13.3. The molecule has 2 atom stereocenters. The van der Waals surface area contributed by atoms with Crippen LogP contribution < -0.4 is 5.32 Å². The Kier molecular flexibility index (Phi) is 6.02. The van der Waals surface area contributed by atoms with E-state index in [-0.39, 0.29) is 30.1 Å². The molecule has 126 valence electrons. The Balaban J connectivity index is 1.84. The quantitative estimate of drug-likeness (QED) is 0.792. The van der Waals surface area contributed by atoms with Gasteiger partial charge in [-0.25, -0.2) is 4.79 Å². The van der Waals surface area contributed by atoms with Crippen molar-refractivity contribution in [3.63, 3.8) is 0 Å². The van der Waals surface area contributed by atoms with E-state index in [1.807, 2.05) is 0 Å². The fraction of sp³-hybridized carbons (Fsp3) is 0.867. The van der Waals surface area contributed by atoms with Crippen LogP contribution in [0.25, 0.3) is 0 Å². The highest BCUT2D eigenvalue weighted by Crippen LogP contribution is 2.25. The summed E-state index contributed by atoms with van der Waals surface area (Å²) in [6.07, 6.45) is 3.53. The minimum absolute atomic E-state index is 0.0327. The van der Waals surface area contributed by atoms with Gasteiger partial charge in [-0.3, -0.25) is 4.79 Å². The topological polar surface area (TPSA) is 88.1 Å². The Morgan fingerprint density at radius 1 is 1.23 bits per heavy atom. The van der Waals surface area contributed by atoms with Crippen LogP contribution in [0.2, 0.25) is 0 Å². The second-order valence-corrected chi connectivity index (χ2v) is 6.19. The molecule has 7 heteroatoms. The van der Waals surface area contributed by atoms with Gasteiger partial charge in [0, 0.05) is 26.8 Å². The van der Waals surface area contributed by atoms with Crippen molar-refractivity contribution < 1.29 is 24.2 Å². The highest BCUT2D eigenvalue weighted by molar-refractivity contribution is 5.75. The highest BCUT2D eigenvalue weighted by Gasteiger charge is 2.36. The van der Waals surface area contributed by atoms with Crippen molar-refractivity contribution in [1.29, 1.82) is 0 Å². The number of carboxylic acids is 1. The summed E-state index contributed by atoms with van der Waals surface area (Å²) in [5.74, 6) is -0.994. The molecule has 0 aromatic rings. The third-order valence-corrected chi connectivity index (χ3v) is 4.73. The van der Waals surface area contributed by atoms with Gasteiger partial charge >= 0.3 is 12.0 Å². The lowest BCUT2D eigenvalue weighted by atomic mass is 9.86. The number of carbonyl (C=O) groups is 2. The number of hydrogen-bond donors (Lipinski definition) is 2. The molecule has 1 saturated carbocycles. The molecule has 0 spiro atoms. The normalized spacial score (nSPS) is 32.0. The van der Waals surface area contributed by atoms with Gasteiger partial charge in [0.1, 0.15) is 0 Å². The zero-order chi connectivity index (χ0) is 16.1. The number of carbonyl (C=O) groups excluding carboxylic acids is 1. The van der Waals surface area contributed by atoms with E-state index in [4.69, 9.17) is 14.6 Å². The first kappa shape index (κ1) is 17.0. The number of amides is 2. The van der Waals surface area contributed by atoms with E-state index in [9.17, 15) is 9.59 Å². The van der Waals surface area contributed by atoms with E-state index in [0.717, 1.165) is 19.3 Å². The fourth-order valence-electron chi connectivity index (χ4n) is 3.39. The average molecular weight is 314 g/mol. The van der Waals surface area contributed by atoms with Crippen LogP contribution in [0.15, 0.2) is 0 Å². The molecule has 1 aliphatic carbocycles. The van der Waals surface area contributed by atoms with Crippen molar-refractivity contribution in [2.24, 2.45) is 5.92 Å². The number of methoxy groups -OCH3 is 2. The third-order valence-electron chi connectivity index (χ3n) is 4.73. The van der Waals surface area contributed by atoms with Crippen LogP contribution in [-0.2, 0) is 14.3 Å². The van der Waals surface area contributed by atoms with Crippen molar-refractivity contribution in [2.45, 2.75) is 50.3 Å². The van der Waals surface area contributed by atoms with Crippen LogP contribution in [0.1, 0.15) is 32.1 Å². The van der Waals surface area contributed by atoms with Gasteiger partial charge in [-0.15, -0.1) is 0 Å². The number of carboxylic acid groups (broad SMARTS) is 1. The molecule has 2 N–H and O–H groups in total. The SMILES string of the molecule is COC[C@@H]1C[C@@H](OC)CN1C(=O)NC1CCC(C(=O)O)CC1. The number of rotatable bonds is 5. The first-order valence-electron chi connectivity index (χ1n) is 7.86. The molecule has 2 aliphatic rings. The third kappa shape index (κ3) is 4.10. The maximum Gasteiger partial charge on any atom is 0.318 e. The molecule has 0 bridgehead atoms. The molecule has 1 aliphatic heterocycles. The van der Waals surface area contributed by atoms with Gasteiger partial charge in [0.05, 0.1) is 24.7 Å². The van der Waals surface area contributed by atoms with Gasteiger partial charge in [-0.2, -0.15) is 0 Å². The molecule has 2 rings (SSSR count). The van der Waals surface area contributed by atoms with Gasteiger partial charge in [0.15, 0.2) is 0 Å². The average Bonchev–Trinajstić information content (AvgIpc) is 2.91. The van der Waals surface area contributed by atoms with Crippen molar-refractivity contribution in [3.8, 4) is 0 Å². The smallest absolute Gasteiger partial charge is 0.318 e. The van der Waals surface area contributed by atoms with E-state index in [1.165, 1.54) is 0 Å². The molecule has 1 saturated heterocycles. The highest BCUT2D eigenvalue weighted by atomic mass is 16.5. The van der Waals surface area contributed by atoms with Gasteiger partial charge in [0.25, 0.3) is 0 Å². The van der Waals surface area contributed by atoms with E-state index in [0.29, 0.717) is 26.0 Å². The van der Waals surface area contributed by atoms with Gasteiger partial charge in [-0.1, -0.05) is 0 Å². The van der Waals surface area contributed by atoms with Crippen LogP contribution in [0, 0.1) is 5.92 Å². The van der Waals surface area contributed by atoms with Gasteiger partial charge < -0.3 is 24.8 Å². The lowest BCUT2D eigenvalue weighted by Crippen LogP contribution is -2.49. The van der Waals surface area contributed by atoms with E-state index in [1.54, 1.807) is 19.1 Å². The predicted molar refractivity (Wildman–Crippen MR) is 79.7 cm³/mol. The van der Waals surface area contributed by atoms with E-state index < -0.39 is 5.97 Å². The summed E-state index contributed by atoms with van der Waals surface area (Å²) >= 11 is 0. The summed E-state index contributed by atoms with van der Waals surface area (Å²) < 4.78 is 10.5. The van der Waals surface area contributed by atoms with E-state index >= 15 is 0 Å². The summed E-state index contributed by atoms with van der Waals surface area (Å²) in [4.78, 5) is 25.2. The molecule has 22 heavy (non-hydrogen) atoms. The number of hydrogen-bond acceptors (Lipinski definition) is 4. The molecular formula is C15H26N2O5. The summed E-state index contributed by atoms with van der Waals surface area (Å²) in [7, 11) is 3.28. The Morgan fingerprint density at radius 2 is 1.91 bits per heavy atom. The molecular weight excluding hydrogens is 288 g/mol. The predicted octanol–water partition coefficient (Wildman–Crippen LogP) is 1.08. The van der Waals surface area contributed by atoms with Crippen molar-refractivity contribution in [2.75, 3.05) is 27.4 Å². The van der Waals surface area contributed by atoms with Crippen LogP contribution >= 0.6 is 0 Å². The Bertz CT molecular complexity index is 395. The molecule has 0 aromatic heterocycles. The molecule has 2 amide bonds. The largest absolute Gasteiger partial charge is 0.481 e. The van der Waals surface area contributed by atoms with Crippen LogP contribution in [0.3, 0.4) is 0 Å². The lowest BCUT2D eigenvalue weighted by molar-refractivity contribution is -0.142. The summed E-state index contributed by atoms with van der Waals surface area (Å²) in [6, 6.07) is -0.00132. The molecule has 0 aromatic carbocycles. The van der Waals surface area contributed by atoms with Crippen molar-refractivity contribution >= 4 is 12.0 Å². The number of aliphatic carboxylic acids is 1. The summed E-state index contributed by atoms with van der Waals surface area (Å²) in [6.45, 7) is 1.07. The number of likely N-dealkylation sites (tertiary alicyclic amines) is 1. The minimum atomic E-state index is -0.729. The van der Waals surface area contributed by atoms with E-state index in [2.05, 4.69) is 5.32 Å². The fourth-order valence-corrected chi connectivity index (χ4v) is 3.39. The minimum Gasteiger partial charge on any atom is -0.481 e. The molecule has 7 nitrogen and oxygen atoms in total.